The smallest absolute Gasteiger partial charge is 0.408 e. The van der Waals surface area contributed by atoms with Crippen molar-refractivity contribution in [2.75, 3.05) is 11.9 Å². The number of hydrogen-bond donors (Lipinski definition) is 2. The van der Waals surface area contributed by atoms with Gasteiger partial charge >= 0.3 is 6.09 Å². The summed E-state index contributed by atoms with van der Waals surface area (Å²) < 4.78 is 5.51. The normalized spacial score (nSPS) is 12.9. The number of ether oxygens (including phenoxy) is 1. The Balaban J connectivity index is 2.58. The topological polar surface area (TPSA) is 87.7 Å². The number of nitrogens with one attached hydrogen (secondary N) is 2. The predicted molar refractivity (Wildman–Crippen MR) is 172 cm³/mol. The Morgan fingerprint density at radius 2 is 1.57 bits per heavy atom. The molecule has 232 valence electrons. The molecular formula is C34H50ClN3O4. The second kappa shape index (κ2) is 16.5. The Hall–Kier alpha value is -3.06. The van der Waals surface area contributed by atoms with E-state index in [2.05, 4.69) is 17.6 Å². The average Bonchev–Trinajstić information content (AvgIpc) is 2.88. The number of hydrogen-bond acceptors (Lipinski definition) is 4. The van der Waals surface area contributed by atoms with Crippen molar-refractivity contribution in [3.8, 4) is 0 Å². The molecule has 7 nitrogen and oxygen atoms in total. The number of carbonyl (C=O) groups excluding carboxylic acids is 3. The highest BCUT2D eigenvalue weighted by molar-refractivity contribution is 6.34. The van der Waals surface area contributed by atoms with Gasteiger partial charge in [-0.3, -0.25) is 9.59 Å². The summed E-state index contributed by atoms with van der Waals surface area (Å²) in [6.45, 7) is 15.7. The summed E-state index contributed by atoms with van der Waals surface area (Å²) in [6, 6.07) is 11.2. The van der Waals surface area contributed by atoms with Gasteiger partial charge in [-0.25, -0.2) is 4.79 Å². The van der Waals surface area contributed by atoms with E-state index in [-0.39, 0.29) is 17.7 Å². The monoisotopic (exact) mass is 599 g/mol. The summed E-state index contributed by atoms with van der Waals surface area (Å²) in [6.07, 6.45) is 4.65. The highest BCUT2D eigenvalue weighted by atomic mass is 35.5. The lowest BCUT2D eigenvalue weighted by atomic mass is 9.96. The number of halogens is 1. The van der Waals surface area contributed by atoms with Gasteiger partial charge in [0.25, 0.3) is 5.91 Å². The van der Waals surface area contributed by atoms with Crippen LogP contribution in [0.1, 0.15) is 103 Å². The van der Waals surface area contributed by atoms with Gasteiger partial charge < -0.3 is 20.3 Å². The Morgan fingerprint density at radius 1 is 0.929 bits per heavy atom. The van der Waals surface area contributed by atoms with Crippen molar-refractivity contribution < 1.29 is 19.1 Å². The number of unbranched alkanes of at least 4 members (excludes halogenated alkanes) is 4. The summed E-state index contributed by atoms with van der Waals surface area (Å²) in [5.74, 6) is -0.566. The van der Waals surface area contributed by atoms with Gasteiger partial charge in [0, 0.05) is 6.54 Å². The molecule has 2 aromatic rings. The van der Waals surface area contributed by atoms with Crippen LogP contribution in [0, 0.1) is 19.8 Å². The molecule has 2 unspecified atom stereocenters. The van der Waals surface area contributed by atoms with E-state index in [0.29, 0.717) is 23.7 Å². The molecule has 3 amide bonds. The minimum atomic E-state index is -0.935. The van der Waals surface area contributed by atoms with E-state index in [0.717, 1.165) is 48.8 Å². The van der Waals surface area contributed by atoms with Crippen molar-refractivity contribution in [3.63, 3.8) is 0 Å². The van der Waals surface area contributed by atoms with E-state index in [9.17, 15) is 14.4 Å². The molecule has 42 heavy (non-hydrogen) atoms. The van der Waals surface area contributed by atoms with Crippen molar-refractivity contribution >= 4 is 35.2 Å². The molecule has 0 heterocycles. The van der Waals surface area contributed by atoms with E-state index in [4.69, 9.17) is 16.3 Å². The van der Waals surface area contributed by atoms with Gasteiger partial charge in [-0.2, -0.15) is 0 Å². The lowest BCUT2D eigenvalue weighted by molar-refractivity contribution is -0.141. The Kier molecular flexibility index (Phi) is 13.8. The molecule has 0 fully saturated rings. The predicted octanol–water partition coefficient (Wildman–Crippen LogP) is 8.38. The van der Waals surface area contributed by atoms with Crippen LogP contribution in [-0.4, -0.2) is 41.0 Å². The van der Waals surface area contributed by atoms with Gasteiger partial charge in [0.2, 0.25) is 5.91 Å². The molecule has 0 spiro atoms. The second-order valence-electron chi connectivity index (χ2n) is 12.5. The van der Waals surface area contributed by atoms with E-state index in [1.807, 2.05) is 64.1 Å². The van der Waals surface area contributed by atoms with Crippen molar-refractivity contribution in [2.24, 2.45) is 5.92 Å². The summed E-state index contributed by atoms with van der Waals surface area (Å²) in [4.78, 5) is 43.2. The fourth-order valence-electron chi connectivity index (χ4n) is 4.92. The molecule has 0 aliphatic rings. The highest BCUT2D eigenvalue weighted by Crippen LogP contribution is 2.31. The minimum Gasteiger partial charge on any atom is -0.444 e. The third-order valence-corrected chi connectivity index (χ3v) is 7.31. The van der Waals surface area contributed by atoms with Gasteiger partial charge in [-0.15, -0.1) is 0 Å². The molecule has 8 heteroatoms. The maximum absolute atomic E-state index is 14.5. The Bertz CT molecular complexity index is 1170. The summed E-state index contributed by atoms with van der Waals surface area (Å²) >= 11 is 6.49. The molecule has 0 bridgehead atoms. The first kappa shape index (κ1) is 35.1. The van der Waals surface area contributed by atoms with Crippen LogP contribution in [0.3, 0.4) is 0 Å². The molecule has 2 aromatic carbocycles. The van der Waals surface area contributed by atoms with Gasteiger partial charge in [0.1, 0.15) is 17.7 Å². The Morgan fingerprint density at radius 3 is 2.17 bits per heavy atom. The van der Waals surface area contributed by atoms with E-state index in [1.165, 1.54) is 0 Å². The summed E-state index contributed by atoms with van der Waals surface area (Å²) in [5, 5.41) is 6.27. The fourth-order valence-corrected chi connectivity index (χ4v) is 5.19. The number of rotatable bonds is 14. The lowest BCUT2D eigenvalue weighted by Gasteiger charge is -2.35. The molecule has 0 aliphatic heterocycles. The molecular weight excluding hydrogens is 550 g/mol. The van der Waals surface area contributed by atoms with E-state index < -0.39 is 23.8 Å². The van der Waals surface area contributed by atoms with Crippen LogP contribution in [0.5, 0.6) is 0 Å². The number of aryl methyl sites for hydroxylation is 2. The van der Waals surface area contributed by atoms with E-state index in [1.54, 1.807) is 31.7 Å². The molecule has 0 aliphatic carbocycles. The third-order valence-electron chi connectivity index (χ3n) is 7.00. The number of carbonyl (C=O) groups is 3. The van der Waals surface area contributed by atoms with E-state index >= 15 is 0 Å². The standard InChI is InChI=1S/C34H50ClN3O4/c1-9-10-11-12-15-21-38(32(40)28(22-23(2)3)36-33(41)42-34(6,7)8)30(26-19-14-13-17-24(26)4)31(39)37-29-25(5)18-16-20-27(29)35/h13-14,16-20,23,28,30H,9-12,15,21-22H2,1-8H3,(H,36,41)(H,37,39). The van der Waals surface area contributed by atoms with Crippen LogP contribution in [0.2, 0.25) is 5.02 Å². The van der Waals surface area contributed by atoms with Crippen molar-refractivity contribution in [1.29, 1.82) is 0 Å². The zero-order valence-electron chi connectivity index (χ0n) is 26.7. The second-order valence-corrected chi connectivity index (χ2v) is 12.9. The average molecular weight is 600 g/mol. The van der Waals surface area contributed by atoms with Crippen molar-refractivity contribution in [2.45, 2.75) is 112 Å². The van der Waals surface area contributed by atoms with Crippen LogP contribution < -0.4 is 10.6 Å². The first-order chi connectivity index (χ1) is 19.7. The van der Waals surface area contributed by atoms with Gasteiger partial charge in [0.05, 0.1) is 10.7 Å². The Labute approximate surface area is 257 Å². The largest absolute Gasteiger partial charge is 0.444 e. The number of amides is 3. The van der Waals surface area contributed by atoms with Crippen LogP contribution >= 0.6 is 11.6 Å². The maximum atomic E-state index is 14.5. The van der Waals surface area contributed by atoms with Crippen molar-refractivity contribution in [1.82, 2.24) is 10.2 Å². The molecule has 0 aromatic heterocycles. The molecule has 0 radical (unpaired) electrons. The van der Waals surface area contributed by atoms with Crippen LogP contribution in [0.15, 0.2) is 42.5 Å². The third kappa shape index (κ3) is 11.0. The molecule has 0 saturated carbocycles. The van der Waals surface area contributed by atoms with Crippen molar-refractivity contribution in [3.05, 3.63) is 64.2 Å². The molecule has 2 N–H and O–H groups in total. The number of anilines is 1. The first-order valence-corrected chi connectivity index (χ1v) is 15.5. The van der Waals surface area contributed by atoms with Gasteiger partial charge in [-0.05, 0) is 76.1 Å². The zero-order valence-corrected chi connectivity index (χ0v) is 27.4. The maximum Gasteiger partial charge on any atom is 0.408 e. The quantitative estimate of drug-likeness (QED) is 0.213. The zero-order chi connectivity index (χ0) is 31.4. The molecule has 2 rings (SSSR count). The number of alkyl carbamates (subject to hydrolysis) is 1. The first-order valence-electron chi connectivity index (χ1n) is 15.2. The molecule has 2 atom stereocenters. The minimum absolute atomic E-state index is 0.108. The highest BCUT2D eigenvalue weighted by Gasteiger charge is 2.37. The number of nitrogens with zero attached hydrogens (tertiary/aromatic N) is 1. The molecule has 0 saturated heterocycles. The number of para-hydroxylation sites is 1. The number of benzene rings is 2. The van der Waals surface area contributed by atoms with Crippen LogP contribution in [-0.2, 0) is 14.3 Å². The summed E-state index contributed by atoms with van der Waals surface area (Å²) in [5.41, 5.74) is 2.23. The summed E-state index contributed by atoms with van der Waals surface area (Å²) in [7, 11) is 0. The van der Waals surface area contributed by atoms with Gasteiger partial charge in [-0.1, -0.05) is 94.5 Å². The van der Waals surface area contributed by atoms with Crippen LogP contribution in [0.25, 0.3) is 0 Å². The van der Waals surface area contributed by atoms with Gasteiger partial charge in [0.15, 0.2) is 0 Å². The fraction of sp³-hybridized carbons (Fsp3) is 0.559. The lowest BCUT2D eigenvalue weighted by Crippen LogP contribution is -2.53. The SMILES string of the molecule is CCCCCCCN(C(=O)C(CC(C)C)NC(=O)OC(C)(C)C)C(C(=O)Nc1c(C)cccc1Cl)c1ccccc1C. The van der Waals surface area contributed by atoms with Crippen LogP contribution in [0.4, 0.5) is 10.5 Å².